The Kier molecular flexibility index (Phi) is 5.09. The van der Waals surface area contributed by atoms with Gasteiger partial charge in [-0.25, -0.2) is 4.98 Å². The average molecular weight is 339 g/mol. The number of aromatic amines is 1. The number of hydrogen-bond acceptors (Lipinski definition) is 8. The summed E-state index contributed by atoms with van der Waals surface area (Å²) in [6, 6.07) is 0. The Morgan fingerprint density at radius 2 is 2.25 bits per heavy atom. The van der Waals surface area contributed by atoms with Crippen LogP contribution < -0.4 is 10.9 Å². The minimum absolute atomic E-state index is 0.116. The molecule has 1 fully saturated rings. The highest BCUT2D eigenvalue weighted by Crippen LogP contribution is 2.30. The molecule has 0 amide bonds. The zero-order valence-electron chi connectivity index (χ0n) is 13.1. The second kappa shape index (κ2) is 7.26. The average Bonchev–Trinajstić information content (AvgIpc) is 3.15. The highest BCUT2D eigenvalue weighted by atomic mass is 16.5. The first-order valence-corrected chi connectivity index (χ1v) is 7.90. The zero-order chi connectivity index (χ0) is 17.1. The molecule has 1 aliphatic heterocycles. The van der Waals surface area contributed by atoms with Crippen LogP contribution in [0.15, 0.2) is 11.1 Å². The van der Waals surface area contributed by atoms with Crippen LogP contribution in [-0.4, -0.2) is 66.8 Å². The fourth-order valence-electron chi connectivity index (χ4n) is 2.71. The van der Waals surface area contributed by atoms with Crippen LogP contribution in [0.1, 0.15) is 25.5 Å². The van der Waals surface area contributed by atoms with Crippen molar-refractivity contribution in [2.75, 3.05) is 25.1 Å². The lowest BCUT2D eigenvalue weighted by Gasteiger charge is -2.14. The fraction of sp³-hybridized carbons (Fsp3) is 0.643. The minimum Gasteiger partial charge on any atom is -0.396 e. The molecule has 3 atom stereocenters. The molecule has 0 bridgehead atoms. The van der Waals surface area contributed by atoms with Gasteiger partial charge in [0.15, 0.2) is 11.2 Å². The summed E-state index contributed by atoms with van der Waals surface area (Å²) in [6.45, 7) is 0.398. The lowest BCUT2D eigenvalue weighted by atomic mass is 10.2. The number of imidazole rings is 1. The number of unbranched alkanes of at least 4 members (excludes halogenated alkanes) is 1. The molecule has 2 aromatic rings. The molecular formula is C14H21N5O5. The maximum atomic E-state index is 12.1. The SMILES string of the molecule is O=c1[nH]c(NCCCCO)nc2c1ncn2[C@H]1C[C@H](O)[C@@H](CO)O1. The topological polar surface area (TPSA) is 146 Å². The Hall–Kier alpha value is -2.01. The molecule has 0 radical (unpaired) electrons. The maximum absolute atomic E-state index is 12.1. The zero-order valence-corrected chi connectivity index (χ0v) is 13.1. The number of aromatic nitrogens is 4. The van der Waals surface area contributed by atoms with Crippen LogP contribution in [0.25, 0.3) is 11.2 Å². The van der Waals surface area contributed by atoms with Gasteiger partial charge in [-0.15, -0.1) is 0 Å². The minimum atomic E-state index is -0.782. The number of nitrogens with zero attached hydrogens (tertiary/aromatic N) is 3. The number of rotatable bonds is 7. The summed E-state index contributed by atoms with van der Waals surface area (Å²) in [5.41, 5.74) is 0.154. The molecule has 2 aromatic heterocycles. The van der Waals surface area contributed by atoms with Crippen molar-refractivity contribution in [3.63, 3.8) is 0 Å². The first-order valence-electron chi connectivity index (χ1n) is 7.90. The summed E-state index contributed by atoms with van der Waals surface area (Å²) in [4.78, 5) is 23.2. The van der Waals surface area contributed by atoms with E-state index in [2.05, 4.69) is 20.3 Å². The predicted octanol–water partition coefficient (Wildman–Crippen LogP) is -1.06. The molecule has 0 aliphatic carbocycles. The van der Waals surface area contributed by atoms with E-state index in [1.807, 2.05) is 0 Å². The van der Waals surface area contributed by atoms with Crippen LogP contribution in [0.3, 0.4) is 0 Å². The highest BCUT2D eigenvalue weighted by Gasteiger charge is 2.35. The summed E-state index contributed by atoms with van der Waals surface area (Å²) >= 11 is 0. The Morgan fingerprint density at radius 1 is 1.42 bits per heavy atom. The van der Waals surface area contributed by atoms with Crippen LogP contribution in [-0.2, 0) is 4.74 Å². The van der Waals surface area contributed by atoms with Crippen molar-refractivity contribution in [3.05, 3.63) is 16.7 Å². The number of ether oxygens (including phenoxy) is 1. The Labute approximate surface area is 137 Å². The van der Waals surface area contributed by atoms with E-state index in [1.165, 1.54) is 6.33 Å². The molecule has 1 aliphatic rings. The van der Waals surface area contributed by atoms with Crippen molar-refractivity contribution in [2.24, 2.45) is 0 Å². The van der Waals surface area contributed by atoms with E-state index in [0.717, 1.165) is 6.42 Å². The summed E-state index contributed by atoms with van der Waals surface area (Å²) in [6.07, 6.45) is 1.14. The highest BCUT2D eigenvalue weighted by molar-refractivity contribution is 5.70. The molecule has 0 saturated carbocycles. The van der Waals surface area contributed by atoms with Gasteiger partial charge >= 0.3 is 0 Å². The summed E-state index contributed by atoms with van der Waals surface area (Å²) in [5, 5.41) is 30.8. The number of aliphatic hydroxyl groups excluding tert-OH is 3. The van der Waals surface area contributed by atoms with E-state index in [9.17, 15) is 15.0 Å². The lowest BCUT2D eigenvalue weighted by molar-refractivity contribution is -0.0432. The van der Waals surface area contributed by atoms with Crippen LogP contribution in [0.5, 0.6) is 0 Å². The molecule has 1 saturated heterocycles. The Morgan fingerprint density at radius 3 is 2.96 bits per heavy atom. The number of anilines is 1. The molecule has 10 heteroatoms. The van der Waals surface area contributed by atoms with Gasteiger partial charge in [-0.3, -0.25) is 14.3 Å². The van der Waals surface area contributed by atoms with E-state index < -0.39 is 18.4 Å². The van der Waals surface area contributed by atoms with Gasteiger partial charge in [0, 0.05) is 19.6 Å². The smallest absolute Gasteiger partial charge is 0.280 e. The number of hydrogen-bond donors (Lipinski definition) is 5. The lowest BCUT2D eigenvalue weighted by Crippen LogP contribution is -2.24. The van der Waals surface area contributed by atoms with Crippen molar-refractivity contribution >= 4 is 17.1 Å². The van der Waals surface area contributed by atoms with Gasteiger partial charge in [0.1, 0.15) is 12.3 Å². The Balaban J connectivity index is 1.84. The van der Waals surface area contributed by atoms with Crippen LogP contribution in [0.2, 0.25) is 0 Å². The predicted molar refractivity (Wildman–Crippen MR) is 84.6 cm³/mol. The van der Waals surface area contributed by atoms with Gasteiger partial charge in [0.25, 0.3) is 5.56 Å². The molecule has 0 unspecified atom stereocenters. The molecule has 0 aromatic carbocycles. The number of aliphatic hydroxyl groups is 3. The Bertz CT molecular complexity index is 745. The van der Waals surface area contributed by atoms with Crippen LogP contribution >= 0.6 is 0 Å². The van der Waals surface area contributed by atoms with Gasteiger partial charge in [-0.2, -0.15) is 4.98 Å². The quantitative estimate of drug-likeness (QED) is 0.402. The van der Waals surface area contributed by atoms with E-state index in [1.54, 1.807) is 4.57 Å². The van der Waals surface area contributed by atoms with E-state index in [-0.39, 0.29) is 30.7 Å². The first-order chi connectivity index (χ1) is 11.6. The van der Waals surface area contributed by atoms with Crippen molar-refractivity contribution in [1.82, 2.24) is 19.5 Å². The summed E-state index contributed by atoms with van der Waals surface area (Å²) in [5.74, 6) is 0.310. The second-order valence-electron chi connectivity index (χ2n) is 5.71. The molecule has 10 nitrogen and oxygen atoms in total. The third-order valence-electron chi connectivity index (χ3n) is 4.00. The number of H-pyrrole nitrogens is 1. The summed E-state index contributed by atoms with van der Waals surface area (Å²) < 4.78 is 7.18. The van der Waals surface area contributed by atoms with Crippen molar-refractivity contribution in [1.29, 1.82) is 0 Å². The van der Waals surface area contributed by atoms with Crippen LogP contribution in [0, 0.1) is 0 Å². The van der Waals surface area contributed by atoms with Gasteiger partial charge in [-0.05, 0) is 12.8 Å². The first kappa shape index (κ1) is 16.8. The van der Waals surface area contributed by atoms with Gasteiger partial charge in [0.05, 0.1) is 19.0 Å². The maximum Gasteiger partial charge on any atom is 0.280 e. The third-order valence-corrected chi connectivity index (χ3v) is 4.00. The number of nitrogens with one attached hydrogen (secondary N) is 2. The molecule has 3 heterocycles. The van der Waals surface area contributed by atoms with E-state index in [0.29, 0.717) is 24.6 Å². The fourth-order valence-corrected chi connectivity index (χ4v) is 2.71. The van der Waals surface area contributed by atoms with E-state index in [4.69, 9.17) is 9.84 Å². The molecule has 0 spiro atoms. The molecule has 3 rings (SSSR count). The molecule has 5 N–H and O–H groups in total. The van der Waals surface area contributed by atoms with Crippen molar-refractivity contribution in [3.8, 4) is 0 Å². The molecule has 132 valence electrons. The van der Waals surface area contributed by atoms with Gasteiger partial charge in [-0.1, -0.05) is 0 Å². The van der Waals surface area contributed by atoms with Gasteiger partial charge < -0.3 is 25.4 Å². The van der Waals surface area contributed by atoms with Gasteiger partial charge in [0.2, 0.25) is 5.95 Å². The largest absolute Gasteiger partial charge is 0.396 e. The molecule has 24 heavy (non-hydrogen) atoms. The monoisotopic (exact) mass is 339 g/mol. The van der Waals surface area contributed by atoms with Crippen LogP contribution in [0.4, 0.5) is 5.95 Å². The normalized spacial score (nSPS) is 23.9. The third kappa shape index (κ3) is 3.26. The number of fused-ring (bicyclic) bond motifs is 1. The van der Waals surface area contributed by atoms with Crippen molar-refractivity contribution in [2.45, 2.75) is 37.7 Å². The van der Waals surface area contributed by atoms with Crippen molar-refractivity contribution < 1.29 is 20.1 Å². The summed E-state index contributed by atoms with van der Waals surface area (Å²) in [7, 11) is 0. The van der Waals surface area contributed by atoms with E-state index >= 15 is 0 Å². The standard InChI is InChI=1S/C14H21N5O5/c20-4-2-1-3-15-14-17-12-11(13(23)18-14)16-7-19(12)10-5-8(22)9(6-21)24-10/h7-10,20-22H,1-6H2,(H2,15,17,18,23)/t8-,9+,10+/m0/s1. The molecular weight excluding hydrogens is 318 g/mol. The second-order valence-corrected chi connectivity index (χ2v) is 5.71.